The molecule has 218 valence electrons. The molecule has 0 spiro atoms. The molecule has 1 fully saturated rings. The zero-order valence-corrected chi connectivity index (χ0v) is 24.0. The Morgan fingerprint density at radius 3 is 2.46 bits per heavy atom. The SMILES string of the molecule is CCOC(=O)c1ccc(COc2cccc(/C(N)=N/O)c2)c(NC(=O)c2ccc(N3CCCN(C)CC3)cc2)c1.Cl. The van der Waals surface area contributed by atoms with Crippen LogP contribution in [0, 0.1) is 0 Å². The third-order valence-electron chi connectivity index (χ3n) is 6.72. The number of rotatable bonds is 9. The Morgan fingerprint density at radius 2 is 1.73 bits per heavy atom. The van der Waals surface area contributed by atoms with Crippen molar-refractivity contribution in [1.29, 1.82) is 0 Å². The molecular formula is C30H36ClN5O5. The highest BCUT2D eigenvalue weighted by molar-refractivity contribution is 6.05. The van der Waals surface area contributed by atoms with Gasteiger partial charge in [0.05, 0.1) is 12.2 Å². The van der Waals surface area contributed by atoms with E-state index in [1.165, 1.54) is 0 Å². The Balaban J connectivity index is 0.00000462. The van der Waals surface area contributed by atoms with Gasteiger partial charge in [0.15, 0.2) is 5.84 Å². The highest BCUT2D eigenvalue weighted by Gasteiger charge is 2.16. The molecule has 0 aliphatic carbocycles. The molecule has 41 heavy (non-hydrogen) atoms. The van der Waals surface area contributed by atoms with Gasteiger partial charge in [-0.2, -0.15) is 0 Å². The van der Waals surface area contributed by atoms with Gasteiger partial charge in [0.1, 0.15) is 12.4 Å². The van der Waals surface area contributed by atoms with Crippen LogP contribution in [0.2, 0.25) is 0 Å². The van der Waals surface area contributed by atoms with Crippen molar-refractivity contribution in [1.82, 2.24) is 4.90 Å². The lowest BCUT2D eigenvalue weighted by molar-refractivity contribution is 0.0526. The topological polar surface area (TPSA) is 130 Å². The molecular weight excluding hydrogens is 546 g/mol. The van der Waals surface area contributed by atoms with Crippen LogP contribution in [0.4, 0.5) is 11.4 Å². The maximum Gasteiger partial charge on any atom is 0.338 e. The first-order valence-corrected chi connectivity index (χ1v) is 13.2. The van der Waals surface area contributed by atoms with E-state index in [-0.39, 0.29) is 37.4 Å². The molecule has 4 N–H and O–H groups in total. The number of nitrogens with zero attached hydrogens (tertiary/aromatic N) is 3. The van der Waals surface area contributed by atoms with Crippen molar-refractivity contribution < 1.29 is 24.3 Å². The summed E-state index contributed by atoms with van der Waals surface area (Å²) in [6.45, 7) is 6.05. The van der Waals surface area contributed by atoms with Crippen molar-refractivity contribution in [3.63, 3.8) is 0 Å². The van der Waals surface area contributed by atoms with E-state index in [9.17, 15) is 9.59 Å². The van der Waals surface area contributed by atoms with Crippen LogP contribution in [-0.4, -0.2) is 67.7 Å². The highest BCUT2D eigenvalue weighted by atomic mass is 35.5. The molecule has 3 aromatic carbocycles. The van der Waals surface area contributed by atoms with E-state index < -0.39 is 5.97 Å². The van der Waals surface area contributed by atoms with Gasteiger partial charge >= 0.3 is 5.97 Å². The molecule has 0 saturated carbocycles. The summed E-state index contributed by atoms with van der Waals surface area (Å²) in [7, 11) is 2.13. The summed E-state index contributed by atoms with van der Waals surface area (Å²) in [6.07, 6.45) is 1.09. The van der Waals surface area contributed by atoms with E-state index in [0.29, 0.717) is 33.7 Å². The highest BCUT2D eigenvalue weighted by Crippen LogP contribution is 2.24. The molecule has 10 nitrogen and oxygen atoms in total. The number of carbonyl (C=O) groups is 2. The zero-order chi connectivity index (χ0) is 28.5. The number of amides is 1. The number of ether oxygens (including phenoxy) is 2. The van der Waals surface area contributed by atoms with Gasteiger partial charge in [-0.1, -0.05) is 23.4 Å². The normalized spacial score (nSPS) is 14.0. The third kappa shape index (κ3) is 8.36. The van der Waals surface area contributed by atoms with Crippen molar-refractivity contribution in [3.8, 4) is 5.75 Å². The van der Waals surface area contributed by atoms with Crippen LogP contribution >= 0.6 is 12.4 Å². The van der Waals surface area contributed by atoms with Gasteiger partial charge < -0.3 is 35.5 Å². The van der Waals surface area contributed by atoms with Gasteiger partial charge in [-0.05, 0) is 75.5 Å². The summed E-state index contributed by atoms with van der Waals surface area (Å²) in [6, 6.07) is 19.3. The summed E-state index contributed by atoms with van der Waals surface area (Å²) >= 11 is 0. The lowest BCUT2D eigenvalue weighted by atomic mass is 10.1. The predicted molar refractivity (Wildman–Crippen MR) is 162 cm³/mol. The molecule has 1 aliphatic rings. The first-order valence-electron chi connectivity index (χ1n) is 13.2. The smallest absolute Gasteiger partial charge is 0.338 e. The number of hydrogen-bond donors (Lipinski definition) is 3. The van der Waals surface area contributed by atoms with Gasteiger partial charge in [-0.3, -0.25) is 4.79 Å². The predicted octanol–water partition coefficient (Wildman–Crippen LogP) is 4.35. The number of nitrogens with two attached hydrogens (primary N) is 1. The summed E-state index contributed by atoms with van der Waals surface area (Å²) in [4.78, 5) is 30.3. The minimum Gasteiger partial charge on any atom is -0.489 e. The lowest BCUT2D eigenvalue weighted by Gasteiger charge is -2.23. The lowest BCUT2D eigenvalue weighted by Crippen LogP contribution is -2.28. The zero-order valence-electron chi connectivity index (χ0n) is 23.2. The van der Waals surface area contributed by atoms with Crippen LogP contribution in [-0.2, 0) is 11.3 Å². The molecule has 3 aromatic rings. The number of amidine groups is 1. The Hall–Kier alpha value is -4.28. The van der Waals surface area contributed by atoms with Crippen LogP contribution in [0.25, 0.3) is 0 Å². The molecule has 0 radical (unpaired) electrons. The van der Waals surface area contributed by atoms with Crippen molar-refractivity contribution in [2.24, 2.45) is 10.9 Å². The molecule has 0 aromatic heterocycles. The van der Waals surface area contributed by atoms with Gasteiger partial charge in [-0.15, -0.1) is 12.4 Å². The van der Waals surface area contributed by atoms with E-state index >= 15 is 0 Å². The second kappa shape index (κ2) is 14.9. The second-order valence-corrected chi connectivity index (χ2v) is 9.54. The van der Waals surface area contributed by atoms with Crippen molar-refractivity contribution in [2.45, 2.75) is 20.0 Å². The molecule has 4 rings (SSSR count). The minimum absolute atomic E-state index is 0. The number of carbonyl (C=O) groups excluding carboxylic acids is 2. The molecule has 1 amide bonds. The van der Waals surface area contributed by atoms with E-state index in [1.54, 1.807) is 49.4 Å². The molecule has 1 saturated heterocycles. The number of oxime groups is 1. The van der Waals surface area contributed by atoms with Gasteiger partial charge in [0.2, 0.25) is 0 Å². The van der Waals surface area contributed by atoms with Crippen LogP contribution in [0.15, 0.2) is 71.9 Å². The molecule has 1 aliphatic heterocycles. The molecule has 0 atom stereocenters. The first kappa shape index (κ1) is 31.3. The monoisotopic (exact) mass is 581 g/mol. The summed E-state index contributed by atoms with van der Waals surface area (Å²) in [5, 5.41) is 14.9. The number of benzene rings is 3. The summed E-state index contributed by atoms with van der Waals surface area (Å²) < 4.78 is 11.1. The fraction of sp³-hybridized carbons (Fsp3) is 0.300. The largest absolute Gasteiger partial charge is 0.489 e. The molecule has 11 heteroatoms. The van der Waals surface area contributed by atoms with E-state index in [4.69, 9.17) is 20.4 Å². The van der Waals surface area contributed by atoms with Crippen LogP contribution < -0.4 is 20.7 Å². The fourth-order valence-electron chi connectivity index (χ4n) is 4.45. The third-order valence-corrected chi connectivity index (χ3v) is 6.72. The quantitative estimate of drug-likeness (QED) is 0.112. The van der Waals surface area contributed by atoms with Crippen LogP contribution in [0.5, 0.6) is 5.75 Å². The van der Waals surface area contributed by atoms with E-state index in [1.807, 2.05) is 24.3 Å². The molecule has 0 unspecified atom stereocenters. The van der Waals surface area contributed by atoms with Crippen molar-refractivity contribution in [3.05, 3.63) is 89.0 Å². The van der Waals surface area contributed by atoms with E-state index in [2.05, 4.69) is 27.3 Å². The standard InChI is InChI=1S/C30H35N5O5.ClH/c1-3-39-30(37)23-8-9-24(20-40-26-7-4-6-22(18-26)28(31)33-38)27(19-23)32-29(36)21-10-12-25(13-11-21)35-15-5-14-34(2)16-17-35;/h4,6-13,18-19,38H,3,5,14-17,20H2,1-2H3,(H2,31,33)(H,32,36);1H. The van der Waals surface area contributed by atoms with Gasteiger partial charge in [-0.25, -0.2) is 4.79 Å². The van der Waals surface area contributed by atoms with Crippen molar-refractivity contribution >= 4 is 41.5 Å². The average Bonchev–Trinajstić information content (AvgIpc) is 3.20. The maximum atomic E-state index is 13.2. The number of halogens is 1. The number of esters is 1. The van der Waals surface area contributed by atoms with Gasteiger partial charge in [0, 0.05) is 47.7 Å². The number of hydrogen-bond acceptors (Lipinski definition) is 8. The summed E-state index contributed by atoms with van der Waals surface area (Å²) in [5.74, 6) is -0.333. The fourth-order valence-corrected chi connectivity index (χ4v) is 4.45. The van der Waals surface area contributed by atoms with Crippen LogP contribution in [0.3, 0.4) is 0 Å². The Kier molecular flexibility index (Phi) is 11.4. The number of anilines is 2. The second-order valence-electron chi connectivity index (χ2n) is 9.54. The van der Waals surface area contributed by atoms with Crippen LogP contribution in [0.1, 0.15) is 45.2 Å². The molecule has 0 bridgehead atoms. The Morgan fingerprint density at radius 1 is 0.976 bits per heavy atom. The Bertz CT molecular complexity index is 1370. The van der Waals surface area contributed by atoms with Gasteiger partial charge in [0.25, 0.3) is 5.91 Å². The molecule has 1 heterocycles. The number of likely N-dealkylation sites (N-methyl/N-ethyl adjacent to an activating group) is 1. The first-order chi connectivity index (χ1) is 19.4. The van der Waals surface area contributed by atoms with Crippen molar-refractivity contribution in [2.75, 3.05) is 50.1 Å². The number of nitrogens with one attached hydrogen (secondary N) is 1. The minimum atomic E-state index is -0.482. The maximum absolute atomic E-state index is 13.2. The Labute approximate surface area is 246 Å². The summed E-state index contributed by atoms with van der Waals surface area (Å²) in [5.41, 5.74) is 9.17. The van der Waals surface area contributed by atoms with E-state index in [0.717, 1.165) is 38.3 Å². The average molecular weight is 582 g/mol.